The van der Waals surface area contributed by atoms with E-state index >= 15 is 0 Å². The van der Waals surface area contributed by atoms with E-state index in [9.17, 15) is 14.4 Å². The number of carbonyl (C=O) groups excluding carboxylic acids is 1. The fourth-order valence-electron chi connectivity index (χ4n) is 4.01. The molecule has 1 atom stereocenters. The number of piperidine rings is 1. The van der Waals surface area contributed by atoms with Crippen LogP contribution in [0.1, 0.15) is 18.4 Å². The number of amides is 1. The smallest absolute Gasteiger partial charge is 0.328 e. The minimum Gasteiger partial charge on any atom is -0.356 e. The van der Waals surface area contributed by atoms with Crippen LogP contribution in [0.3, 0.4) is 0 Å². The first kappa shape index (κ1) is 16.1. The Morgan fingerprint density at radius 3 is 2.84 bits per heavy atom. The first-order valence-electron chi connectivity index (χ1n) is 8.86. The Balaban J connectivity index is 1.52. The van der Waals surface area contributed by atoms with E-state index < -0.39 is 0 Å². The molecule has 7 nitrogen and oxygen atoms in total. The van der Waals surface area contributed by atoms with Crippen LogP contribution in [0.25, 0.3) is 10.9 Å². The van der Waals surface area contributed by atoms with Gasteiger partial charge in [-0.1, -0.05) is 12.1 Å². The van der Waals surface area contributed by atoms with Crippen LogP contribution in [0.4, 0.5) is 0 Å². The van der Waals surface area contributed by atoms with Crippen molar-refractivity contribution in [1.29, 1.82) is 0 Å². The standard InChI is InChI=1S/C18H22N4O3/c23-16(12-4-6-19-7-5-12)20-9-11-8-13-2-1-3-14-15(13)22(10-11)18(25)21-17(14)24/h1-3,11-12,19H,4-10H2,(H,20,23)(H,21,24,25). The van der Waals surface area contributed by atoms with Gasteiger partial charge in [0.2, 0.25) is 5.91 Å². The van der Waals surface area contributed by atoms with Crippen molar-refractivity contribution in [1.82, 2.24) is 20.2 Å². The third kappa shape index (κ3) is 3.00. The molecule has 1 saturated heterocycles. The second-order valence-corrected chi connectivity index (χ2v) is 7.02. The van der Waals surface area contributed by atoms with Gasteiger partial charge in [-0.05, 0) is 49.9 Å². The SMILES string of the molecule is O=C(NCC1Cc2cccc3c(=O)[nH]c(=O)n(c23)C1)C1CCNCC1. The Labute approximate surface area is 144 Å². The molecule has 0 aliphatic carbocycles. The zero-order chi connectivity index (χ0) is 17.4. The number of aromatic amines is 1. The summed E-state index contributed by atoms with van der Waals surface area (Å²) in [5.41, 5.74) is 1.01. The maximum atomic E-state index is 12.3. The highest BCUT2D eigenvalue weighted by molar-refractivity contribution is 5.82. The molecule has 1 fully saturated rings. The quantitative estimate of drug-likeness (QED) is 0.730. The summed E-state index contributed by atoms with van der Waals surface area (Å²) in [5, 5.41) is 6.87. The van der Waals surface area contributed by atoms with Gasteiger partial charge in [-0.15, -0.1) is 0 Å². The number of rotatable bonds is 3. The fourth-order valence-corrected chi connectivity index (χ4v) is 4.01. The molecule has 0 spiro atoms. The van der Waals surface area contributed by atoms with Crippen LogP contribution >= 0.6 is 0 Å². The number of aromatic nitrogens is 2. The number of hydrogen-bond acceptors (Lipinski definition) is 4. The fraction of sp³-hybridized carbons (Fsp3) is 0.500. The van der Waals surface area contributed by atoms with Gasteiger partial charge in [-0.25, -0.2) is 4.79 Å². The predicted octanol–water partition coefficient (Wildman–Crippen LogP) is -0.0221. The summed E-state index contributed by atoms with van der Waals surface area (Å²) in [7, 11) is 0. The van der Waals surface area contributed by atoms with Crippen LogP contribution in [0, 0.1) is 11.8 Å². The van der Waals surface area contributed by atoms with Gasteiger partial charge in [-0.3, -0.25) is 19.1 Å². The minimum atomic E-state index is -0.376. The van der Waals surface area contributed by atoms with Crippen molar-refractivity contribution >= 4 is 16.8 Å². The molecule has 7 heteroatoms. The third-order valence-electron chi connectivity index (χ3n) is 5.32. The largest absolute Gasteiger partial charge is 0.356 e. The summed E-state index contributed by atoms with van der Waals surface area (Å²) in [4.78, 5) is 38.9. The van der Waals surface area contributed by atoms with Crippen LogP contribution in [0.2, 0.25) is 0 Å². The molecular formula is C18H22N4O3. The zero-order valence-corrected chi connectivity index (χ0v) is 14.0. The van der Waals surface area contributed by atoms with Gasteiger partial charge < -0.3 is 10.6 Å². The first-order valence-corrected chi connectivity index (χ1v) is 8.86. The van der Waals surface area contributed by atoms with E-state index in [2.05, 4.69) is 15.6 Å². The van der Waals surface area contributed by atoms with Gasteiger partial charge in [0, 0.05) is 19.0 Å². The second-order valence-electron chi connectivity index (χ2n) is 7.02. The molecule has 2 aromatic rings. The molecule has 0 bridgehead atoms. The van der Waals surface area contributed by atoms with Crippen molar-refractivity contribution in [2.75, 3.05) is 19.6 Å². The topological polar surface area (TPSA) is 96.0 Å². The maximum Gasteiger partial charge on any atom is 0.328 e. The Morgan fingerprint density at radius 1 is 1.24 bits per heavy atom. The lowest BCUT2D eigenvalue weighted by molar-refractivity contribution is -0.125. The summed E-state index contributed by atoms with van der Waals surface area (Å²) < 4.78 is 1.64. The van der Waals surface area contributed by atoms with Gasteiger partial charge in [0.1, 0.15) is 0 Å². The van der Waals surface area contributed by atoms with Crippen LogP contribution in [0.5, 0.6) is 0 Å². The lowest BCUT2D eigenvalue weighted by Gasteiger charge is -2.27. The highest BCUT2D eigenvalue weighted by Gasteiger charge is 2.25. The molecule has 3 heterocycles. The Hall–Kier alpha value is -2.41. The molecule has 3 N–H and O–H groups in total. The average molecular weight is 342 g/mol. The molecular weight excluding hydrogens is 320 g/mol. The van der Waals surface area contributed by atoms with Crippen molar-refractivity contribution in [2.45, 2.75) is 25.8 Å². The highest BCUT2D eigenvalue weighted by Crippen LogP contribution is 2.24. The van der Waals surface area contributed by atoms with Crippen molar-refractivity contribution in [2.24, 2.45) is 11.8 Å². The number of carbonyl (C=O) groups is 1. The molecule has 2 aliphatic heterocycles. The van der Waals surface area contributed by atoms with E-state index in [-0.39, 0.29) is 29.0 Å². The summed E-state index contributed by atoms with van der Waals surface area (Å²) in [5.74, 6) is 0.339. The van der Waals surface area contributed by atoms with Crippen molar-refractivity contribution in [3.8, 4) is 0 Å². The summed E-state index contributed by atoms with van der Waals surface area (Å²) in [6, 6.07) is 5.54. The van der Waals surface area contributed by atoms with Gasteiger partial charge >= 0.3 is 5.69 Å². The van der Waals surface area contributed by atoms with E-state index in [4.69, 9.17) is 0 Å². The van der Waals surface area contributed by atoms with Crippen molar-refractivity contribution in [3.05, 3.63) is 44.6 Å². The molecule has 25 heavy (non-hydrogen) atoms. The molecule has 132 valence electrons. The van der Waals surface area contributed by atoms with Crippen molar-refractivity contribution < 1.29 is 4.79 Å². The summed E-state index contributed by atoms with van der Waals surface area (Å²) in [6.07, 6.45) is 2.51. The molecule has 1 amide bonds. The van der Waals surface area contributed by atoms with Crippen molar-refractivity contribution in [3.63, 3.8) is 0 Å². The maximum absolute atomic E-state index is 12.3. The van der Waals surface area contributed by atoms with Crippen LogP contribution in [0.15, 0.2) is 27.8 Å². The Morgan fingerprint density at radius 2 is 2.04 bits per heavy atom. The number of para-hydroxylation sites is 1. The number of nitrogens with one attached hydrogen (secondary N) is 3. The lowest BCUT2D eigenvalue weighted by atomic mass is 9.92. The molecule has 4 rings (SSSR count). The number of benzene rings is 1. The number of hydrogen-bond donors (Lipinski definition) is 3. The second kappa shape index (κ2) is 6.48. The van der Waals surface area contributed by atoms with Gasteiger partial charge in [0.15, 0.2) is 0 Å². The number of nitrogens with zero attached hydrogens (tertiary/aromatic N) is 1. The third-order valence-corrected chi connectivity index (χ3v) is 5.32. The molecule has 2 aliphatic rings. The Kier molecular flexibility index (Phi) is 4.17. The van der Waals surface area contributed by atoms with Gasteiger partial charge in [-0.2, -0.15) is 0 Å². The number of H-pyrrole nitrogens is 1. The summed E-state index contributed by atoms with van der Waals surface area (Å²) >= 11 is 0. The summed E-state index contributed by atoms with van der Waals surface area (Å²) in [6.45, 7) is 2.83. The minimum absolute atomic E-state index is 0.0830. The van der Waals surface area contributed by atoms with Crippen LogP contribution in [-0.2, 0) is 17.8 Å². The van der Waals surface area contributed by atoms with E-state index in [1.54, 1.807) is 10.6 Å². The molecule has 0 saturated carbocycles. The highest BCUT2D eigenvalue weighted by atomic mass is 16.2. The van der Waals surface area contributed by atoms with Gasteiger partial charge in [0.05, 0.1) is 10.9 Å². The molecule has 1 aromatic heterocycles. The van der Waals surface area contributed by atoms with E-state index in [1.165, 1.54) is 0 Å². The first-order chi connectivity index (χ1) is 12.1. The predicted molar refractivity (Wildman–Crippen MR) is 94.6 cm³/mol. The average Bonchev–Trinajstić information content (AvgIpc) is 2.64. The Bertz CT molecular complexity index is 924. The van der Waals surface area contributed by atoms with Crippen LogP contribution in [-0.4, -0.2) is 35.1 Å². The molecule has 0 radical (unpaired) electrons. The molecule has 1 aromatic carbocycles. The van der Waals surface area contributed by atoms with Crippen LogP contribution < -0.4 is 21.9 Å². The molecule has 1 unspecified atom stereocenters. The normalized spacial score (nSPS) is 20.6. The van der Waals surface area contributed by atoms with E-state index in [1.807, 2.05) is 12.1 Å². The lowest BCUT2D eigenvalue weighted by Crippen LogP contribution is -2.43. The van der Waals surface area contributed by atoms with E-state index in [0.29, 0.717) is 18.5 Å². The zero-order valence-electron chi connectivity index (χ0n) is 14.0. The monoisotopic (exact) mass is 342 g/mol. The van der Waals surface area contributed by atoms with E-state index in [0.717, 1.165) is 43.4 Å². The van der Waals surface area contributed by atoms with Gasteiger partial charge in [0.25, 0.3) is 5.56 Å².